The number of nitrogens with one attached hydrogen (secondary N) is 1. The lowest BCUT2D eigenvalue weighted by molar-refractivity contribution is 0.743. The molecule has 0 amide bonds. The summed E-state index contributed by atoms with van der Waals surface area (Å²) < 4.78 is 1.82. The lowest BCUT2D eigenvalue weighted by Crippen LogP contribution is -2.15. The van der Waals surface area contributed by atoms with Gasteiger partial charge >= 0.3 is 0 Å². The molecule has 0 aliphatic rings. The van der Waals surface area contributed by atoms with Gasteiger partial charge in [0.05, 0.1) is 11.4 Å². The maximum Gasteiger partial charge on any atom is 0.0831 e. The molecule has 0 radical (unpaired) electrons. The second-order valence-electron chi connectivity index (χ2n) is 5.97. The predicted molar refractivity (Wildman–Crippen MR) is 104 cm³/mol. The largest absolute Gasteiger partial charge is 0.383 e. The molecule has 0 atom stereocenters. The highest BCUT2D eigenvalue weighted by atomic mass is 35.5. The minimum absolute atomic E-state index is 0.783. The summed E-state index contributed by atoms with van der Waals surface area (Å²) in [5, 5.41) is 8.37. The summed E-state index contributed by atoms with van der Waals surface area (Å²) >= 11 is 6.20. The number of aryl methyl sites for hydroxylation is 2. The Morgan fingerprint density at radius 1 is 1.38 bits per heavy atom. The van der Waals surface area contributed by atoms with Gasteiger partial charge < -0.3 is 5.32 Å². The van der Waals surface area contributed by atoms with Crippen LogP contribution in [0.3, 0.4) is 0 Å². The van der Waals surface area contributed by atoms with E-state index in [-0.39, 0.29) is 0 Å². The van der Waals surface area contributed by atoms with Crippen LogP contribution in [-0.4, -0.2) is 16.3 Å². The molecule has 0 fully saturated rings. The summed E-state index contributed by atoms with van der Waals surface area (Å²) in [7, 11) is 1.92. The van der Waals surface area contributed by atoms with Crippen molar-refractivity contribution in [3.05, 3.63) is 65.0 Å². The van der Waals surface area contributed by atoms with Crippen LogP contribution in [0.5, 0.6) is 0 Å². The Hall–Kier alpha value is -2.00. The highest BCUT2D eigenvalue weighted by Crippen LogP contribution is 2.26. The molecule has 1 heterocycles. The average molecular weight is 344 g/mol. The fourth-order valence-corrected chi connectivity index (χ4v) is 2.89. The highest BCUT2D eigenvalue weighted by Gasteiger charge is 2.08. The number of rotatable bonds is 8. The smallest absolute Gasteiger partial charge is 0.0831 e. The zero-order valence-corrected chi connectivity index (χ0v) is 15.5. The van der Waals surface area contributed by atoms with Crippen molar-refractivity contribution < 1.29 is 0 Å². The van der Waals surface area contributed by atoms with Crippen molar-refractivity contribution in [2.75, 3.05) is 6.54 Å². The van der Waals surface area contributed by atoms with E-state index in [0.29, 0.717) is 0 Å². The standard InChI is InChI=1S/C20H26ClN3/c1-5-6-7-17(19-14-18(21)9-8-15(19)2)10-12-22-16(3)20-11-13-23-24(20)4/h7-9,11,13-14,22H,3,5-6,10,12H2,1-2,4H3/b17-7-. The maximum absolute atomic E-state index is 6.20. The minimum Gasteiger partial charge on any atom is -0.383 e. The Bertz CT molecular complexity index is 728. The van der Waals surface area contributed by atoms with E-state index < -0.39 is 0 Å². The highest BCUT2D eigenvalue weighted by molar-refractivity contribution is 6.30. The molecule has 2 aromatic rings. The van der Waals surface area contributed by atoms with Crippen molar-refractivity contribution in [2.24, 2.45) is 7.05 Å². The number of nitrogens with zero attached hydrogens (tertiary/aromatic N) is 2. The molecule has 0 saturated heterocycles. The van der Waals surface area contributed by atoms with Crippen LogP contribution in [0, 0.1) is 6.92 Å². The molecular formula is C20H26ClN3. The molecule has 0 spiro atoms. The van der Waals surface area contributed by atoms with Crippen molar-refractivity contribution in [3.63, 3.8) is 0 Å². The second-order valence-corrected chi connectivity index (χ2v) is 6.41. The molecule has 1 aromatic carbocycles. The summed E-state index contributed by atoms with van der Waals surface area (Å²) in [6.07, 6.45) is 7.25. The van der Waals surface area contributed by atoms with Crippen LogP contribution in [0.15, 0.2) is 43.1 Å². The van der Waals surface area contributed by atoms with Gasteiger partial charge in [0.25, 0.3) is 0 Å². The van der Waals surface area contributed by atoms with E-state index in [9.17, 15) is 0 Å². The Kier molecular flexibility index (Phi) is 6.68. The van der Waals surface area contributed by atoms with Gasteiger partial charge in [0.1, 0.15) is 0 Å². The van der Waals surface area contributed by atoms with Gasteiger partial charge in [-0.2, -0.15) is 5.10 Å². The number of hydrogen-bond acceptors (Lipinski definition) is 2. The molecule has 0 aliphatic heterocycles. The van der Waals surface area contributed by atoms with Crippen molar-refractivity contribution in [3.8, 4) is 0 Å². The van der Waals surface area contributed by atoms with Gasteiger partial charge in [-0.1, -0.05) is 43.7 Å². The molecule has 4 heteroatoms. The van der Waals surface area contributed by atoms with E-state index >= 15 is 0 Å². The quantitative estimate of drug-likeness (QED) is 0.712. The summed E-state index contributed by atoms with van der Waals surface area (Å²) in [6, 6.07) is 8.05. The van der Waals surface area contributed by atoms with Gasteiger partial charge in [0, 0.05) is 24.8 Å². The number of allylic oxidation sites excluding steroid dienone is 1. The fourth-order valence-electron chi connectivity index (χ4n) is 2.71. The number of halogens is 1. The number of hydrogen-bond donors (Lipinski definition) is 1. The van der Waals surface area contributed by atoms with Crippen LogP contribution in [0.2, 0.25) is 5.02 Å². The van der Waals surface area contributed by atoms with Crippen LogP contribution >= 0.6 is 11.6 Å². The first-order chi connectivity index (χ1) is 11.5. The fraction of sp³-hybridized carbons (Fsp3) is 0.350. The lowest BCUT2D eigenvalue weighted by atomic mass is 9.96. The van der Waals surface area contributed by atoms with E-state index in [4.69, 9.17) is 11.6 Å². The van der Waals surface area contributed by atoms with Crippen LogP contribution in [-0.2, 0) is 7.05 Å². The van der Waals surface area contributed by atoms with Gasteiger partial charge in [-0.3, -0.25) is 4.68 Å². The molecule has 1 N–H and O–H groups in total. The van der Waals surface area contributed by atoms with Crippen LogP contribution < -0.4 is 5.32 Å². The monoisotopic (exact) mass is 343 g/mol. The van der Waals surface area contributed by atoms with Crippen molar-refractivity contribution in [1.29, 1.82) is 0 Å². The zero-order valence-electron chi connectivity index (χ0n) is 14.8. The number of benzene rings is 1. The summed E-state index contributed by atoms with van der Waals surface area (Å²) in [6.45, 7) is 9.26. The Morgan fingerprint density at radius 2 is 2.17 bits per heavy atom. The van der Waals surface area contributed by atoms with E-state index in [1.807, 2.05) is 23.9 Å². The summed E-state index contributed by atoms with van der Waals surface area (Å²) in [5.41, 5.74) is 5.74. The first-order valence-electron chi connectivity index (χ1n) is 8.39. The van der Waals surface area contributed by atoms with E-state index in [1.165, 1.54) is 16.7 Å². The summed E-state index contributed by atoms with van der Waals surface area (Å²) in [4.78, 5) is 0. The predicted octanol–water partition coefficient (Wildman–Crippen LogP) is 5.22. The molecule has 0 saturated carbocycles. The third kappa shape index (κ3) is 4.75. The molecule has 2 rings (SSSR count). The lowest BCUT2D eigenvalue weighted by Gasteiger charge is -2.14. The minimum atomic E-state index is 0.783. The number of unbranched alkanes of at least 4 members (excludes halogenated alkanes) is 1. The Balaban J connectivity index is 2.06. The molecule has 0 aliphatic carbocycles. The Morgan fingerprint density at radius 3 is 2.83 bits per heavy atom. The van der Waals surface area contributed by atoms with Crippen LogP contribution in [0.4, 0.5) is 0 Å². The SMILES string of the molecule is C=C(NCC/C(=C/CCC)c1cc(Cl)ccc1C)c1ccnn1C. The van der Waals surface area contributed by atoms with Gasteiger partial charge in [-0.25, -0.2) is 0 Å². The maximum atomic E-state index is 6.20. The first kappa shape index (κ1) is 18.3. The third-order valence-corrected chi connectivity index (χ3v) is 4.32. The van der Waals surface area contributed by atoms with Crippen molar-refractivity contribution >= 4 is 22.9 Å². The van der Waals surface area contributed by atoms with Gasteiger partial charge in [-0.15, -0.1) is 0 Å². The van der Waals surface area contributed by atoms with Crippen molar-refractivity contribution in [1.82, 2.24) is 15.1 Å². The van der Waals surface area contributed by atoms with Crippen LogP contribution in [0.1, 0.15) is 43.0 Å². The van der Waals surface area contributed by atoms with E-state index in [1.54, 1.807) is 6.20 Å². The molecule has 1 aromatic heterocycles. The Labute approximate surface area is 150 Å². The third-order valence-electron chi connectivity index (χ3n) is 4.09. The molecule has 0 unspecified atom stereocenters. The molecular weight excluding hydrogens is 318 g/mol. The van der Waals surface area contributed by atoms with Crippen molar-refractivity contribution in [2.45, 2.75) is 33.1 Å². The summed E-state index contributed by atoms with van der Waals surface area (Å²) in [5.74, 6) is 0. The van der Waals surface area contributed by atoms with E-state index in [2.05, 4.69) is 49.1 Å². The van der Waals surface area contributed by atoms with E-state index in [0.717, 1.165) is 42.2 Å². The molecule has 0 bridgehead atoms. The van der Waals surface area contributed by atoms with Gasteiger partial charge in [0.15, 0.2) is 0 Å². The molecule has 128 valence electrons. The number of aromatic nitrogens is 2. The second kappa shape index (κ2) is 8.74. The topological polar surface area (TPSA) is 29.9 Å². The van der Waals surface area contributed by atoms with Gasteiger partial charge in [0.2, 0.25) is 0 Å². The molecule has 24 heavy (non-hydrogen) atoms. The van der Waals surface area contributed by atoms with Gasteiger partial charge in [-0.05, 0) is 54.7 Å². The average Bonchev–Trinajstić information content (AvgIpc) is 2.99. The zero-order chi connectivity index (χ0) is 17.5. The first-order valence-corrected chi connectivity index (χ1v) is 8.77. The normalized spacial score (nSPS) is 11.6. The molecule has 3 nitrogen and oxygen atoms in total. The van der Waals surface area contributed by atoms with Crippen LogP contribution in [0.25, 0.3) is 11.3 Å².